The quantitative estimate of drug-likeness (QED) is 0.898. The van der Waals surface area contributed by atoms with E-state index in [1.54, 1.807) is 12.4 Å². The van der Waals surface area contributed by atoms with Gasteiger partial charge in [-0.25, -0.2) is 15.0 Å². The van der Waals surface area contributed by atoms with E-state index in [9.17, 15) is 4.79 Å². The molecule has 20 heavy (non-hydrogen) atoms. The molecule has 104 valence electrons. The molecule has 3 rings (SSSR count). The normalized spacial score (nSPS) is 13.2. The summed E-state index contributed by atoms with van der Waals surface area (Å²) in [5.74, 6) is 0.611. The Morgan fingerprint density at radius 3 is 2.80 bits per heavy atom. The fraction of sp³-hybridized carbons (Fsp3) is 0.385. The van der Waals surface area contributed by atoms with Crippen LogP contribution in [-0.4, -0.2) is 32.5 Å². The molecule has 0 saturated carbocycles. The van der Waals surface area contributed by atoms with Crippen molar-refractivity contribution in [2.24, 2.45) is 0 Å². The van der Waals surface area contributed by atoms with Crippen LogP contribution in [0, 0.1) is 0 Å². The molecule has 1 aliphatic heterocycles. The molecule has 0 unspecified atom stereocenters. The molecule has 7 heteroatoms. The van der Waals surface area contributed by atoms with Gasteiger partial charge in [0, 0.05) is 18.9 Å². The van der Waals surface area contributed by atoms with E-state index in [0.29, 0.717) is 18.2 Å². The average molecular weight is 273 g/mol. The molecule has 1 aliphatic rings. The first kappa shape index (κ1) is 12.6. The van der Waals surface area contributed by atoms with Crippen LogP contribution in [0.1, 0.15) is 29.5 Å². The van der Waals surface area contributed by atoms with Crippen molar-refractivity contribution in [1.29, 1.82) is 0 Å². The number of carbonyl (C=O) groups is 1. The first-order valence-electron chi connectivity index (χ1n) is 6.48. The van der Waals surface area contributed by atoms with Crippen molar-refractivity contribution in [3.05, 3.63) is 23.8 Å². The molecule has 0 spiro atoms. The van der Waals surface area contributed by atoms with Gasteiger partial charge in [0.25, 0.3) is 5.91 Å². The van der Waals surface area contributed by atoms with Crippen molar-refractivity contribution in [3.8, 4) is 17.4 Å². The van der Waals surface area contributed by atoms with Crippen molar-refractivity contribution >= 4 is 5.91 Å². The zero-order chi connectivity index (χ0) is 14.1. The Bertz CT molecular complexity index is 648. The number of ether oxygens (including phenoxy) is 1. The van der Waals surface area contributed by atoms with Gasteiger partial charge in [-0.1, -0.05) is 6.92 Å². The molecule has 0 radical (unpaired) electrons. The van der Waals surface area contributed by atoms with Crippen LogP contribution in [0.2, 0.25) is 0 Å². The Balaban J connectivity index is 2.08. The second-order valence-corrected chi connectivity index (χ2v) is 4.52. The van der Waals surface area contributed by atoms with Gasteiger partial charge >= 0.3 is 6.01 Å². The Morgan fingerprint density at radius 2 is 2.15 bits per heavy atom. The summed E-state index contributed by atoms with van der Waals surface area (Å²) in [6.45, 7) is 3.42. The number of methoxy groups -OCH3 is 1. The highest BCUT2D eigenvalue weighted by molar-refractivity contribution is 5.96. The smallest absolute Gasteiger partial charge is 0.316 e. The molecule has 0 atom stereocenters. The van der Waals surface area contributed by atoms with Crippen molar-refractivity contribution in [1.82, 2.24) is 24.8 Å². The number of fused-ring (bicyclic) bond motifs is 1. The summed E-state index contributed by atoms with van der Waals surface area (Å²) < 4.78 is 7.00. The molecule has 1 N–H and O–H groups in total. The maximum atomic E-state index is 11.7. The number of aromatic nitrogens is 4. The highest BCUT2D eigenvalue weighted by Gasteiger charge is 2.28. The standard InChI is InChI=1S/C13H15N5O2/c1-3-4-18-9-7-14-12(19)10(9)17-11(18)8-5-15-13(20-2)16-6-8/h5-6H,3-4,7H2,1-2H3,(H,14,19). The molecule has 0 bridgehead atoms. The van der Waals surface area contributed by atoms with Gasteiger partial charge in [-0.05, 0) is 6.42 Å². The predicted molar refractivity (Wildman–Crippen MR) is 71.3 cm³/mol. The van der Waals surface area contributed by atoms with Crippen LogP contribution in [0.15, 0.2) is 12.4 Å². The lowest BCUT2D eigenvalue weighted by Gasteiger charge is -2.09. The Hall–Kier alpha value is -2.44. The van der Waals surface area contributed by atoms with Gasteiger partial charge in [-0.15, -0.1) is 0 Å². The van der Waals surface area contributed by atoms with Crippen molar-refractivity contribution < 1.29 is 9.53 Å². The molecular formula is C13H15N5O2. The number of hydrogen-bond acceptors (Lipinski definition) is 5. The Morgan fingerprint density at radius 1 is 1.40 bits per heavy atom. The van der Waals surface area contributed by atoms with Crippen LogP contribution >= 0.6 is 0 Å². The second-order valence-electron chi connectivity index (χ2n) is 4.52. The van der Waals surface area contributed by atoms with Crippen molar-refractivity contribution in [2.75, 3.05) is 7.11 Å². The molecule has 0 fully saturated rings. The lowest BCUT2D eigenvalue weighted by atomic mass is 10.3. The molecule has 1 amide bonds. The van der Waals surface area contributed by atoms with Gasteiger partial charge in [-0.3, -0.25) is 4.79 Å². The summed E-state index contributed by atoms with van der Waals surface area (Å²) in [5.41, 5.74) is 2.22. The van der Waals surface area contributed by atoms with E-state index in [-0.39, 0.29) is 5.91 Å². The Kier molecular flexibility index (Phi) is 3.09. The minimum Gasteiger partial charge on any atom is -0.467 e. The van der Waals surface area contributed by atoms with Crippen LogP contribution in [-0.2, 0) is 13.1 Å². The Labute approximate surface area is 116 Å². The van der Waals surface area contributed by atoms with E-state index in [4.69, 9.17) is 4.74 Å². The summed E-state index contributed by atoms with van der Waals surface area (Å²) in [6.07, 6.45) is 4.28. The number of hydrogen-bond donors (Lipinski definition) is 1. The zero-order valence-corrected chi connectivity index (χ0v) is 11.4. The van der Waals surface area contributed by atoms with Gasteiger partial charge in [-0.2, -0.15) is 0 Å². The SMILES string of the molecule is CCCn1c(-c2cnc(OC)nc2)nc2c1CNC2=O. The highest BCUT2D eigenvalue weighted by Crippen LogP contribution is 2.25. The lowest BCUT2D eigenvalue weighted by Crippen LogP contribution is -2.15. The molecule has 2 aromatic heterocycles. The fourth-order valence-electron chi connectivity index (χ4n) is 2.32. The van der Waals surface area contributed by atoms with Gasteiger partial charge < -0.3 is 14.6 Å². The molecule has 2 aromatic rings. The number of rotatable bonds is 4. The van der Waals surface area contributed by atoms with Crippen molar-refractivity contribution in [2.45, 2.75) is 26.4 Å². The number of amides is 1. The maximum absolute atomic E-state index is 11.7. The molecule has 3 heterocycles. The van der Waals surface area contributed by atoms with E-state index in [0.717, 1.165) is 30.0 Å². The maximum Gasteiger partial charge on any atom is 0.316 e. The van der Waals surface area contributed by atoms with Crippen LogP contribution in [0.3, 0.4) is 0 Å². The lowest BCUT2D eigenvalue weighted by molar-refractivity contribution is 0.0961. The first-order chi connectivity index (χ1) is 9.74. The van der Waals surface area contributed by atoms with Gasteiger partial charge in [0.2, 0.25) is 0 Å². The fourth-order valence-corrected chi connectivity index (χ4v) is 2.32. The third-order valence-corrected chi connectivity index (χ3v) is 3.22. The zero-order valence-electron chi connectivity index (χ0n) is 11.4. The van der Waals surface area contributed by atoms with Gasteiger partial charge in [0.1, 0.15) is 5.82 Å². The first-order valence-corrected chi connectivity index (χ1v) is 6.48. The summed E-state index contributed by atoms with van der Waals surface area (Å²) in [7, 11) is 1.52. The average Bonchev–Trinajstić information content (AvgIpc) is 3.01. The highest BCUT2D eigenvalue weighted by atomic mass is 16.5. The van der Waals surface area contributed by atoms with E-state index in [2.05, 4.69) is 31.8 Å². The topological polar surface area (TPSA) is 81.9 Å². The van der Waals surface area contributed by atoms with Crippen LogP contribution in [0.4, 0.5) is 0 Å². The van der Waals surface area contributed by atoms with Crippen molar-refractivity contribution in [3.63, 3.8) is 0 Å². The third-order valence-electron chi connectivity index (χ3n) is 3.22. The minimum atomic E-state index is -0.120. The van der Waals surface area contributed by atoms with E-state index < -0.39 is 0 Å². The monoisotopic (exact) mass is 273 g/mol. The third kappa shape index (κ3) is 1.91. The molecule has 0 aromatic carbocycles. The van der Waals surface area contributed by atoms with Crippen LogP contribution in [0.5, 0.6) is 6.01 Å². The summed E-state index contributed by atoms with van der Waals surface area (Å²) in [5, 5.41) is 2.79. The van der Waals surface area contributed by atoms with E-state index in [1.165, 1.54) is 7.11 Å². The molecule has 7 nitrogen and oxygen atoms in total. The summed E-state index contributed by atoms with van der Waals surface area (Å²) in [6, 6.07) is 0.313. The number of nitrogens with zero attached hydrogens (tertiary/aromatic N) is 4. The molecular weight excluding hydrogens is 258 g/mol. The molecule has 0 saturated heterocycles. The predicted octanol–water partition coefficient (Wildman–Crippen LogP) is 1.00. The van der Waals surface area contributed by atoms with E-state index in [1.807, 2.05) is 0 Å². The number of carbonyl (C=O) groups excluding carboxylic acids is 1. The number of imidazole rings is 1. The second kappa shape index (κ2) is 4.92. The minimum absolute atomic E-state index is 0.120. The molecule has 0 aliphatic carbocycles. The van der Waals surface area contributed by atoms with Gasteiger partial charge in [0.05, 0.1) is 24.9 Å². The van der Waals surface area contributed by atoms with Gasteiger partial charge in [0.15, 0.2) is 5.69 Å². The van der Waals surface area contributed by atoms with Crippen LogP contribution < -0.4 is 10.1 Å². The summed E-state index contributed by atoms with van der Waals surface area (Å²) >= 11 is 0. The van der Waals surface area contributed by atoms with E-state index >= 15 is 0 Å². The largest absolute Gasteiger partial charge is 0.467 e. The summed E-state index contributed by atoms with van der Waals surface area (Å²) in [4.78, 5) is 24.4. The van der Waals surface area contributed by atoms with Crippen LogP contribution in [0.25, 0.3) is 11.4 Å². The number of nitrogens with one attached hydrogen (secondary N) is 1.